The van der Waals surface area contributed by atoms with Gasteiger partial charge in [0.15, 0.2) is 0 Å². The van der Waals surface area contributed by atoms with E-state index >= 15 is 0 Å². The second kappa shape index (κ2) is 7.31. The molecule has 0 unspecified atom stereocenters. The predicted molar refractivity (Wildman–Crippen MR) is 97.0 cm³/mol. The lowest BCUT2D eigenvalue weighted by molar-refractivity contribution is -0.115. The number of hydrogen-bond donors (Lipinski definition) is 1. The molecular formula is C17H9Cl2NO4S. The molecule has 1 N–H and O–H groups in total. The maximum Gasteiger partial charge on any atom is 0.343 e. The van der Waals surface area contributed by atoms with Crippen molar-refractivity contribution in [1.29, 1.82) is 0 Å². The third kappa shape index (κ3) is 4.22. The Morgan fingerprint density at radius 2 is 1.76 bits per heavy atom. The maximum absolute atomic E-state index is 12.1. The molecule has 8 heteroatoms. The first-order valence-corrected chi connectivity index (χ1v) is 8.52. The van der Waals surface area contributed by atoms with E-state index in [0.717, 1.165) is 11.8 Å². The third-order valence-electron chi connectivity index (χ3n) is 3.19. The summed E-state index contributed by atoms with van der Waals surface area (Å²) >= 11 is 12.5. The molecule has 5 nitrogen and oxygen atoms in total. The molecule has 0 bridgehead atoms. The van der Waals surface area contributed by atoms with E-state index in [0.29, 0.717) is 21.1 Å². The van der Waals surface area contributed by atoms with E-state index in [4.69, 9.17) is 27.9 Å². The van der Waals surface area contributed by atoms with Crippen LogP contribution in [0.4, 0.5) is 4.79 Å². The minimum absolute atomic E-state index is 0.281. The molecule has 2 aromatic carbocycles. The van der Waals surface area contributed by atoms with Gasteiger partial charge in [0.2, 0.25) is 0 Å². The van der Waals surface area contributed by atoms with Crippen LogP contribution in [-0.2, 0) is 4.79 Å². The Labute approximate surface area is 156 Å². The number of ether oxygens (including phenoxy) is 1. The van der Waals surface area contributed by atoms with Crippen molar-refractivity contribution in [2.45, 2.75) is 0 Å². The van der Waals surface area contributed by atoms with Crippen molar-refractivity contribution in [3.63, 3.8) is 0 Å². The molecule has 3 rings (SSSR count). The topological polar surface area (TPSA) is 72.5 Å². The molecule has 0 saturated carbocycles. The van der Waals surface area contributed by atoms with Crippen molar-refractivity contribution in [2.24, 2.45) is 0 Å². The number of imide groups is 1. The lowest BCUT2D eigenvalue weighted by Gasteiger charge is -2.06. The summed E-state index contributed by atoms with van der Waals surface area (Å²) in [5, 5.41) is 2.43. The number of carbonyl (C=O) groups excluding carboxylic acids is 3. The summed E-state index contributed by atoms with van der Waals surface area (Å²) in [5.74, 6) is -0.706. The number of esters is 1. The van der Waals surface area contributed by atoms with E-state index in [2.05, 4.69) is 5.32 Å². The van der Waals surface area contributed by atoms with Gasteiger partial charge in [-0.2, -0.15) is 0 Å². The molecule has 1 aliphatic rings. The Kier molecular flexibility index (Phi) is 5.13. The van der Waals surface area contributed by atoms with Crippen molar-refractivity contribution in [1.82, 2.24) is 5.32 Å². The fourth-order valence-electron chi connectivity index (χ4n) is 1.99. The van der Waals surface area contributed by atoms with Gasteiger partial charge in [-0.25, -0.2) is 4.79 Å². The third-order valence-corrected chi connectivity index (χ3v) is 4.74. The fraction of sp³-hybridized carbons (Fsp3) is 0. The largest absolute Gasteiger partial charge is 0.423 e. The molecule has 1 saturated heterocycles. The van der Waals surface area contributed by atoms with E-state index < -0.39 is 17.1 Å². The average molecular weight is 394 g/mol. The zero-order valence-electron chi connectivity index (χ0n) is 12.4. The van der Waals surface area contributed by atoms with Gasteiger partial charge < -0.3 is 4.74 Å². The van der Waals surface area contributed by atoms with Crippen molar-refractivity contribution >= 4 is 58.2 Å². The Balaban J connectivity index is 1.72. The second-order valence-electron chi connectivity index (χ2n) is 4.94. The summed E-state index contributed by atoms with van der Waals surface area (Å²) in [6.45, 7) is 0. The molecule has 126 valence electrons. The number of carbonyl (C=O) groups is 3. The highest BCUT2D eigenvalue weighted by Gasteiger charge is 2.24. The summed E-state index contributed by atoms with van der Waals surface area (Å²) in [5.41, 5.74) is 1.01. The van der Waals surface area contributed by atoms with Crippen LogP contribution in [0.1, 0.15) is 15.9 Å². The summed E-state index contributed by atoms with van der Waals surface area (Å²) in [6.07, 6.45) is 1.57. The minimum Gasteiger partial charge on any atom is -0.423 e. The van der Waals surface area contributed by atoms with Crippen LogP contribution in [0.5, 0.6) is 5.75 Å². The first-order valence-electron chi connectivity index (χ1n) is 6.94. The zero-order valence-corrected chi connectivity index (χ0v) is 14.7. The number of hydrogen-bond acceptors (Lipinski definition) is 5. The van der Waals surface area contributed by atoms with Crippen LogP contribution in [0.25, 0.3) is 6.08 Å². The van der Waals surface area contributed by atoms with Crippen LogP contribution < -0.4 is 10.1 Å². The van der Waals surface area contributed by atoms with Crippen molar-refractivity contribution < 1.29 is 19.1 Å². The van der Waals surface area contributed by atoms with Crippen LogP contribution in [0.3, 0.4) is 0 Å². The summed E-state index contributed by atoms with van der Waals surface area (Å²) in [6, 6.07) is 10.9. The van der Waals surface area contributed by atoms with E-state index in [1.165, 1.54) is 18.2 Å². The second-order valence-corrected chi connectivity index (χ2v) is 6.77. The summed E-state index contributed by atoms with van der Waals surface area (Å²) in [7, 11) is 0. The van der Waals surface area contributed by atoms with Crippen LogP contribution in [-0.4, -0.2) is 17.1 Å². The van der Waals surface area contributed by atoms with Gasteiger partial charge in [-0.05, 0) is 47.7 Å². The van der Waals surface area contributed by atoms with Gasteiger partial charge >= 0.3 is 5.97 Å². The molecule has 0 radical (unpaired) electrons. The van der Waals surface area contributed by atoms with Gasteiger partial charge in [0.25, 0.3) is 11.1 Å². The van der Waals surface area contributed by atoms with E-state index in [9.17, 15) is 14.4 Å². The molecule has 2 amide bonds. The predicted octanol–water partition coefficient (Wildman–Crippen LogP) is 4.54. The Bertz CT molecular complexity index is 909. The van der Waals surface area contributed by atoms with Gasteiger partial charge in [0, 0.05) is 6.07 Å². The molecule has 0 atom stereocenters. The lowest BCUT2D eigenvalue weighted by Crippen LogP contribution is -2.17. The van der Waals surface area contributed by atoms with Gasteiger partial charge in [-0.1, -0.05) is 35.3 Å². The van der Waals surface area contributed by atoms with Gasteiger partial charge in [0.1, 0.15) is 5.75 Å². The summed E-state index contributed by atoms with van der Waals surface area (Å²) in [4.78, 5) is 35.1. The van der Waals surface area contributed by atoms with Gasteiger partial charge in [0.05, 0.1) is 20.5 Å². The van der Waals surface area contributed by atoms with Crippen LogP contribution in [0.2, 0.25) is 10.0 Å². The molecule has 1 fully saturated rings. The summed E-state index contributed by atoms with van der Waals surface area (Å²) < 4.78 is 5.23. The first kappa shape index (κ1) is 17.5. The minimum atomic E-state index is -0.555. The lowest BCUT2D eigenvalue weighted by atomic mass is 10.1. The number of nitrogens with one attached hydrogen (secondary N) is 1. The molecular weight excluding hydrogens is 385 g/mol. The number of thioether (sulfide) groups is 1. The van der Waals surface area contributed by atoms with E-state index in [1.807, 2.05) is 0 Å². The Hall–Kier alpha value is -2.28. The molecule has 0 spiro atoms. The Morgan fingerprint density at radius 3 is 2.36 bits per heavy atom. The highest BCUT2D eigenvalue weighted by atomic mass is 35.5. The van der Waals surface area contributed by atoms with E-state index in [-0.39, 0.29) is 10.8 Å². The number of rotatable bonds is 3. The Morgan fingerprint density at radius 1 is 1.04 bits per heavy atom. The van der Waals surface area contributed by atoms with Crippen LogP contribution in [0, 0.1) is 0 Å². The van der Waals surface area contributed by atoms with Crippen molar-refractivity contribution in [2.75, 3.05) is 0 Å². The molecule has 1 aliphatic heterocycles. The normalized spacial score (nSPS) is 15.4. The number of amides is 2. The number of benzene rings is 2. The van der Waals surface area contributed by atoms with Gasteiger partial charge in [-0.15, -0.1) is 0 Å². The molecule has 2 aromatic rings. The molecule has 25 heavy (non-hydrogen) atoms. The standard InChI is InChI=1S/C17H9Cl2NO4S/c18-12-6-5-11(8-13(12)19)24-16(22)10-3-1-9(2-4-10)7-14-15(21)20-17(23)25-14/h1-8H,(H,20,21,23). The SMILES string of the molecule is O=C1NC(=O)C(=Cc2ccc(C(=O)Oc3ccc(Cl)c(Cl)c3)cc2)S1. The zero-order chi connectivity index (χ0) is 18.0. The van der Waals surface area contributed by atoms with Crippen molar-refractivity contribution in [3.8, 4) is 5.75 Å². The van der Waals surface area contributed by atoms with Crippen molar-refractivity contribution in [3.05, 3.63) is 68.5 Å². The quantitative estimate of drug-likeness (QED) is 0.470. The highest BCUT2D eigenvalue weighted by Crippen LogP contribution is 2.27. The molecule has 1 heterocycles. The highest BCUT2D eigenvalue weighted by molar-refractivity contribution is 8.18. The van der Waals surface area contributed by atoms with E-state index in [1.54, 1.807) is 30.3 Å². The van der Waals surface area contributed by atoms with Gasteiger partial charge in [-0.3, -0.25) is 14.9 Å². The molecule has 0 aliphatic carbocycles. The van der Waals surface area contributed by atoms with Crippen LogP contribution in [0.15, 0.2) is 47.4 Å². The molecule has 0 aromatic heterocycles. The first-order chi connectivity index (χ1) is 11.9. The fourth-order valence-corrected chi connectivity index (χ4v) is 2.96. The smallest absolute Gasteiger partial charge is 0.343 e. The maximum atomic E-state index is 12.1. The average Bonchev–Trinajstić information content (AvgIpc) is 2.89. The number of halogens is 2. The van der Waals surface area contributed by atoms with Crippen LogP contribution >= 0.6 is 35.0 Å². The monoisotopic (exact) mass is 393 g/mol.